The average molecular weight is 270 g/mol. The van der Waals surface area contributed by atoms with E-state index in [1.807, 2.05) is 61.5 Å². The van der Waals surface area contributed by atoms with E-state index >= 15 is 0 Å². The molecule has 0 fully saturated rings. The second kappa shape index (κ2) is 7.19. The minimum atomic E-state index is 0.315. The molecule has 4 nitrogen and oxygen atoms in total. The maximum Gasteiger partial charge on any atom is 0.174 e. The molecule has 0 bridgehead atoms. The topological polar surface area (TPSA) is 56.8 Å². The molecule has 0 heterocycles. The van der Waals surface area contributed by atoms with E-state index in [0.717, 1.165) is 11.1 Å². The maximum absolute atomic E-state index is 5.90. The van der Waals surface area contributed by atoms with E-state index in [2.05, 4.69) is 5.16 Å². The molecule has 2 aromatic rings. The van der Waals surface area contributed by atoms with E-state index in [-0.39, 0.29) is 0 Å². The highest BCUT2D eigenvalue weighted by Crippen LogP contribution is 2.19. The molecule has 0 saturated carbocycles. The van der Waals surface area contributed by atoms with E-state index in [1.165, 1.54) is 0 Å². The first-order valence-corrected chi connectivity index (χ1v) is 6.53. The van der Waals surface area contributed by atoms with Crippen molar-refractivity contribution >= 4 is 5.84 Å². The van der Waals surface area contributed by atoms with Crippen molar-refractivity contribution in [3.63, 3.8) is 0 Å². The third kappa shape index (κ3) is 3.75. The summed E-state index contributed by atoms with van der Waals surface area (Å²) in [6.45, 7) is 2.82. The number of rotatable bonds is 6. The highest BCUT2D eigenvalue weighted by Gasteiger charge is 2.07. The molecule has 0 unspecified atom stereocenters. The minimum absolute atomic E-state index is 0.315. The van der Waals surface area contributed by atoms with Crippen molar-refractivity contribution in [2.24, 2.45) is 10.9 Å². The number of ether oxygens (including phenoxy) is 1. The predicted molar refractivity (Wildman–Crippen MR) is 79.6 cm³/mol. The molecule has 0 radical (unpaired) electrons. The average Bonchev–Trinajstić information content (AvgIpc) is 2.52. The first-order valence-electron chi connectivity index (χ1n) is 6.53. The Hall–Kier alpha value is -2.49. The molecule has 0 aromatic heterocycles. The molecule has 104 valence electrons. The summed E-state index contributed by atoms with van der Waals surface area (Å²) in [7, 11) is 0. The standard InChI is InChI=1S/C16H18N2O2/c1-2-20-18-16(17)14-10-6-7-11-15(14)19-12-13-8-4-3-5-9-13/h3-11H,2,12H2,1H3,(H2,17,18). The largest absolute Gasteiger partial charge is 0.488 e. The van der Waals surface area contributed by atoms with E-state index in [4.69, 9.17) is 15.3 Å². The quantitative estimate of drug-likeness (QED) is 0.499. The molecular weight excluding hydrogens is 252 g/mol. The van der Waals surface area contributed by atoms with Crippen LogP contribution >= 0.6 is 0 Å². The van der Waals surface area contributed by atoms with Gasteiger partial charge in [-0.15, -0.1) is 0 Å². The van der Waals surface area contributed by atoms with Crippen LogP contribution in [-0.4, -0.2) is 12.4 Å². The number of para-hydroxylation sites is 1. The number of hydrogen-bond acceptors (Lipinski definition) is 3. The maximum atomic E-state index is 5.90. The van der Waals surface area contributed by atoms with Gasteiger partial charge < -0.3 is 15.3 Å². The lowest BCUT2D eigenvalue weighted by Crippen LogP contribution is -2.15. The van der Waals surface area contributed by atoms with Crippen LogP contribution in [0.2, 0.25) is 0 Å². The molecule has 0 aliphatic carbocycles. The first kappa shape index (κ1) is 13.9. The van der Waals surface area contributed by atoms with Gasteiger partial charge in [0.1, 0.15) is 19.0 Å². The number of oxime groups is 1. The van der Waals surface area contributed by atoms with Gasteiger partial charge in [0.15, 0.2) is 5.84 Å². The van der Waals surface area contributed by atoms with Gasteiger partial charge in [0.05, 0.1) is 5.56 Å². The zero-order chi connectivity index (χ0) is 14.2. The van der Waals surface area contributed by atoms with Crippen molar-refractivity contribution in [2.45, 2.75) is 13.5 Å². The number of benzene rings is 2. The Morgan fingerprint density at radius 3 is 2.50 bits per heavy atom. The van der Waals surface area contributed by atoms with Crippen LogP contribution in [0.5, 0.6) is 5.75 Å². The smallest absolute Gasteiger partial charge is 0.174 e. The summed E-state index contributed by atoms with van der Waals surface area (Å²) in [5, 5.41) is 3.84. The van der Waals surface area contributed by atoms with Crippen molar-refractivity contribution in [1.29, 1.82) is 0 Å². The molecule has 0 aliphatic heterocycles. The van der Waals surface area contributed by atoms with Crippen LogP contribution in [0.1, 0.15) is 18.1 Å². The number of nitrogens with two attached hydrogens (primary N) is 1. The molecular formula is C16H18N2O2. The highest BCUT2D eigenvalue weighted by atomic mass is 16.6. The molecule has 0 aliphatic rings. The lowest BCUT2D eigenvalue weighted by molar-refractivity contribution is 0.158. The Balaban J connectivity index is 2.12. The SMILES string of the molecule is CCON=C(N)c1ccccc1OCc1ccccc1. The highest BCUT2D eigenvalue weighted by molar-refractivity contribution is 5.99. The van der Waals surface area contributed by atoms with Crippen LogP contribution in [0.15, 0.2) is 59.8 Å². The lowest BCUT2D eigenvalue weighted by atomic mass is 10.2. The summed E-state index contributed by atoms with van der Waals surface area (Å²) in [6, 6.07) is 17.5. The summed E-state index contributed by atoms with van der Waals surface area (Å²) in [5.74, 6) is 1.01. The molecule has 0 saturated heterocycles. The number of hydrogen-bond donors (Lipinski definition) is 1. The third-order valence-electron chi connectivity index (χ3n) is 2.69. The second-order valence-corrected chi connectivity index (χ2v) is 4.16. The zero-order valence-corrected chi connectivity index (χ0v) is 11.5. The number of nitrogens with zero attached hydrogens (tertiary/aromatic N) is 1. The van der Waals surface area contributed by atoms with E-state index in [1.54, 1.807) is 0 Å². The van der Waals surface area contributed by atoms with Gasteiger partial charge in [-0.05, 0) is 24.6 Å². The molecule has 0 amide bonds. The van der Waals surface area contributed by atoms with E-state index < -0.39 is 0 Å². The fourth-order valence-corrected chi connectivity index (χ4v) is 1.72. The first-order chi connectivity index (χ1) is 9.81. The Morgan fingerprint density at radius 1 is 1.05 bits per heavy atom. The van der Waals surface area contributed by atoms with E-state index in [0.29, 0.717) is 24.8 Å². The van der Waals surface area contributed by atoms with Crippen molar-refractivity contribution < 1.29 is 9.57 Å². The third-order valence-corrected chi connectivity index (χ3v) is 2.69. The summed E-state index contributed by atoms with van der Waals surface area (Å²) in [4.78, 5) is 4.97. The minimum Gasteiger partial charge on any atom is -0.488 e. The van der Waals surface area contributed by atoms with Gasteiger partial charge in [-0.1, -0.05) is 47.6 Å². The van der Waals surface area contributed by atoms with Gasteiger partial charge >= 0.3 is 0 Å². The molecule has 0 atom stereocenters. The van der Waals surface area contributed by atoms with Gasteiger partial charge in [0.25, 0.3) is 0 Å². The molecule has 4 heteroatoms. The van der Waals surface area contributed by atoms with Crippen LogP contribution in [0.25, 0.3) is 0 Å². The van der Waals surface area contributed by atoms with Gasteiger partial charge in [-0.2, -0.15) is 0 Å². The van der Waals surface area contributed by atoms with Crippen LogP contribution in [-0.2, 0) is 11.4 Å². The Morgan fingerprint density at radius 2 is 1.75 bits per heavy atom. The summed E-state index contributed by atoms with van der Waals surface area (Å²) in [5.41, 5.74) is 7.73. The van der Waals surface area contributed by atoms with Gasteiger partial charge in [-0.3, -0.25) is 0 Å². The predicted octanol–water partition coefficient (Wildman–Crippen LogP) is 2.92. The van der Waals surface area contributed by atoms with Gasteiger partial charge in [0.2, 0.25) is 0 Å². The fourth-order valence-electron chi connectivity index (χ4n) is 1.72. The van der Waals surface area contributed by atoms with Crippen LogP contribution in [0.3, 0.4) is 0 Å². The molecule has 0 spiro atoms. The monoisotopic (exact) mass is 270 g/mol. The molecule has 20 heavy (non-hydrogen) atoms. The van der Waals surface area contributed by atoms with Crippen molar-refractivity contribution in [1.82, 2.24) is 0 Å². The lowest BCUT2D eigenvalue weighted by Gasteiger charge is -2.10. The molecule has 2 aromatic carbocycles. The van der Waals surface area contributed by atoms with Crippen molar-refractivity contribution in [2.75, 3.05) is 6.61 Å². The van der Waals surface area contributed by atoms with Crippen LogP contribution in [0.4, 0.5) is 0 Å². The fraction of sp³-hybridized carbons (Fsp3) is 0.188. The van der Waals surface area contributed by atoms with Crippen molar-refractivity contribution in [3.8, 4) is 5.75 Å². The van der Waals surface area contributed by atoms with Crippen LogP contribution in [0, 0.1) is 0 Å². The second-order valence-electron chi connectivity index (χ2n) is 4.16. The zero-order valence-electron chi connectivity index (χ0n) is 11.5. The Kier molecular flexibility index (Phi) is 5.00. The Bertz CT molecular complexity index is 568. The summed E-state index contributed by atoms with van der Waals surface area (Å²) in [6.07, 6.45) is 0. The van der Waals surface area contributed by atoms with Gasteiger partial charge in [0, 0.05) is 0 Å². The molecule has 2 N–H and O–H groups in total. The number of amidine groups is 1. The van der Waals surface area contributed by atoms with E-state index in [9.17, 15) is 0 Å². The Labute approximate surface area is 118 Å². The summed E-state index contributed by atoms with van der Waals surface area (Å²) < 4.78 is 5.81. The normalized spacial score (nSPS) is 11.2. The molecule has 2 rings (SSSR count). The van der Waals surface area contributed by atoms with Gasteiger partial charge in [-0.25, -0.2) is 0 Å². The van der Waals surface area contributed by atoms with Crippen molar-refractivity contribution in [3.05, 3.63) is 65.7 Å². The van der Waals surface area contributed by atoms with Crippen LogP contribution < -0.4 is 10.5 Å². The summed E-state index contributed by atoms with van der Waals surface area (Å²) >= 11 is 0.